The second-order valence-electron chi connectivity index (χ2n) is 5.16. The van der Waals surface area contributed by atoms with Crippen LogP contribution in [0.3, 0.4) is 0 Å². The number of nitrogens with zero attached hydrogens (tertiary/aromatic N) is 1. The monoisotopic (exact) mass is 305 g/mol. The summed E-state index contributed by atoms with van der Waals surface area (Å²) in [5, 5.41) is 0. The minimum atomic E-state index is -0.594. The first-order valence-corrected chi connectivity index (χ1v) is 7.13. The minimum absolute atomic E-state index is 0.184. The van der Waals surface area contributed by atoms with Crippen LogP contribution in [0.5, 0.6) is 0 Å². The summed E-state index contributed by atoms with van der Waals surface area (Å²) >= 11 is 0. The number of amides is 1. The largest absolute Gasteiger partial charge is 0.366 e. The van der Waals surface area contributed by atoms with Crippen molar-refractivity contribution < 1.29 is 4.79 Å². The molecule has 3 aromatic rings. The molecule has 0 atom stereocenters. The summed E-state index contributed by atoms with van der Waals surface area (Å²) in [6.07, 6.45) is 0. The van der Waals surface area contributed by atoms with Gasteiger partial charge < -0.3 is 10.7 Å². The fourth-order valence-electron chi connectivity index (χ4n) is 2.50. The average Bonchev–Trinajstić information content (AvgIpc) is 2.56. The van der Waals surface area contributed by atoms with Gasteiger partial charge in [-0.15, -0.1) is 0 Å². The average molecular weight is 305 g/mol. The number of aromatic amines is 1. The lowest BCUT2D eigenvalue weighted by molar-refractivity contribution is 0.100. The van der Waals surface area contributed by atoms with E-state index in [9.17, 15) is 9.59 Å². The van der Waals surface area contributed by atoms with E-state index in [1.165, 1.54) is 0 Å². The molecule has 0 aliphatic carbocycles. The third kappa shape index (κ3) is 2.76. The molecule has 1 heterocycles. The molecule has 0 bridgehead atoms. The van der Waals surface area contributed by atoms with E-state index in [-0.39, 0.29) is 16.8 Å². The van der Waals surface area contributed by atoms with E-state index in [1.54, 1.807) is 31.2 Å². The molecule has 0 unspecified atom stereocenters. The molecule has 0 aliphatic heterocycles. The fourth-order valence-corrected chi connectivity index (χ4v) is 2.50. The van der Waals surface area contributed by atoms with Crippen molar-refractivity contribution in [2.75, 3.05) is 0 Å². The molecule has 0 aliphatic rings. The van der Waals surface area contributed by atoms with Gasteiger partial charge in [0, 0.05) is 22.4 Å². The van der Waals surface area contributed by atoms with Crippen LogP contribution in [-0.2, 0) is 0 Å². The van der Waals surface area contributed by atoms with Crippen LogP contribution in [0.4, 0.5) is 0 Å². The summed E-state index contributed by atoms with van der Waals surface area (Å²) in [5.74, 6) is -0.594. The molecular weight excluding hydrogens is 290 g/mol. The molecule has 0 fully saturated rings. The number of aryl methyl sites for hydroxylation is 1. The van der Waals surface area contributed by atoms with Gasteiger partial charge in [-0.3, -0.25) is 9.59 Å². The van der Waals surface area contributed by atoms with E-state index in [1.807, 2.05) is 30.3 Å². The highest BCUT2D eigenvalue weighted by Gasteiger charge is 2.16. The first-order valence-electron chi connectivity index (χ1n) is 7.13. The van der Waals surface area contributed by atoms with Gasteiger partial charge in [-0.05, 0) is 13.0 Å². The minimum Gasteiger partial charge on any atom is -0.366 e. The lowest BCUT2D eigenvalue weighted by Crippen LogP contribution is -2.18. The first-order chi connectivity index (χ1) is 11.1. The highest BCUT2D eigenvalue weighted by atomic mass is 16.1. The Balaban J connectivity index is 2.26. The topological polar surface area (TPSA) is 88.8 Å². The molecule has 0 saturated carbocycles. The van der Waals surface area contributed by atoms with Crippen LogP contribution in [0.1, 0.15) is 16.1 Å². The summed E-state index contributed by atoms with van der Waals surface area (Å²) in [7, 11) is 0. The zero-order valence-corrected chi connectivity index (χ0v) is 12.5. The van der Waals surface area contributed by atoms with E-state index in [0.717, 1.165) is 5.56 Å². The van der Waals surface area contributed by atoms with Crippen molar-refractivity contribution in [1.29, 1.82) is 0 Å². The number of primary amides is 1. The van der Waals surface area contributed by atoms with Gasteiger partial charge in [0.15, 0.2) is 0 Å². The molecule has 5 heteroatoms. The van der Waals surface area contributed by atoms with Crippen LogP contribution in [0.15, 0.2) is 59.4 Å². The Bertz CT molecular complexity index is 930. The predicted octanol–water partition coefficient (Wildman–Crippen LogP) is 2.51. The first kappa shape index (κ1) is 14.7. The maximum absolute atomic E-state index is 12.3. The second-order valence-corrected chi connectivity index (χ2v) is 5.16. The van der Waals surface area contributed by atoms with Gasteiger partial charge in [0.05, 0.1) is 5.69 Å². The number of nitrogens with two attached hydrogens (primary N) is 1. The zero-order chi connectivity index (χ0) is 16.4. The van der Waals surface area contributed by atoms with Crippen LogP contribution in [0, 0.1) is 6.92 Å². The summed E-state index contributed by atoms with van der Waals surface area (Å²) in [6.45, 7) is 1.79. The number of aromatic nitrogens is 2. The van der Waals surface area contributed by atoms with Crippen LogP contribution in [-0.4, -0.2) is 15.9 Å². The van der Waals surface area contributed by atoms with Crippen molar-refractivity contribution in [3.8, 4) is 22.5 Å². The molecule has 23 heavy (non-hydrogen) atoms. The quantitative estimate of drug-likeness (QED) is 0.779. The number of carbonyl (C=O) groups excluding carboxylic acids is 1. The SMILES string of the molecule is Cc1[nH]c(=O)c(-c2ccccc2C(N)=O)nc1-c1ccccc1. The predicted molar refractivity (Wildman–Crippen MR) is 89.0 cm³/mol. The van der Waals surface area contributed by atoms with E-state index in [0.29, 0.717) is 17.0 Å². The van der Waals surface area contributed by atoms with E-state index in [4.69, 9.17) is 5.73 Å². The third-order valence-corrected chi connectivity index (χ3v) is 3.59. The summed E-state index contributed by atoms with van der Waals surface area (Å²) < 4.78 is 0. The van der Waals surface area contributed by atoms with Gasteiger partial charge in [0.1, 0.15) is 5.69 Å². The molecule has 3 rings (SSSR count). The fraction of sp³-hybridized carbons (Fsp3) is 0.0556. The van der Waals surface area contributed by atoms with Crippen LogP contribution in [0.2, 0.25) is 0 Å². The number of benzene rings is 2. The summed E-state index contributed by atoms with van der Waals surface area (Å²) in [6, 6.07) is 16.2. The van der Waals surface area contributed by atoms with Gasteiger partial charge in [0.25, 0.3) is 5.56 Å². The van der Waals surface area contributed by atoms with Crippen molar-refractivity contribution in [1.82, 2.24) is 9.97 Å². The lowest BCUT2D eigenvalue weighted by atomic mass is 10.0. The molecular formula is C18H15N3O2. The molecule has 3 N–H and O–H groups in total. The Kier molecular flexibility index (Phi) is 3.76. The molecule has 2 aromatic carbocycles. The number of hydrogen-bond acceptors (Lipinski definition) is 3. The molecule has 1 aromatic heterocycles. The Morgan fingerprint density at radius 3 is 2.35 bits per heavy atom. The molecule has 0 radical (unpaired) electrons. The van der Waals surface area contributed by atoms with Crippen molar-refractivity contribution in [3.63, 3.8) is 0 Å². The Morgan fingerprint density at radius 1 is 1.00 bits per heavy atom. The Labute approximate surface area is 132 Å². The Hall–Kier alpha value is -3.21. The van der Waals surface area contributed by atoms with Crippen LogP contribution < -0.4 is 11.3 Å². The molecule has 114 valence electrons. The second kappa shape index (κ2) is 5.88. The number of rotatable bonds is 3. The van der Waals surface area contributed by atoms with Gasteiger partial charge in [-0.1, -0.05) is 48.5 Å². The summed E-state index contributed by atoms with van der Waals surface area (Å²) in [4.78, 5) is 31.2. The smallest absolute Gasteiger partial charge is 0.274 e. The summed E-state index contributed by atoms with van der Waals surface area (Å²) in [5.41, 5.74) is 8.16. The molecule has 0 saturated heterocycles. The molecule has 5 nitrogen and oxygen atoms in total. The van der Waals surface area contributed by atoms with Gasteiger partial charge in [-0.2, -0.15) is 0 Å². The normalized spacial score (nSPS) is 10.5. The third-order valence-electron chi connectivity index (χ3n) is 3.59. The highest BCUT2D eigenvalue weighted by Crippen LogP contribution is 2.23. The van der Waals surface area contributed by atoms with Crippen LogP contribution in [0.25, 0.3) is 22.5 Å². The molecule has 0 spiro atoms. The van der Waals surface area contributed by atoms with Gasteiger partial charge in [-0.25, -0.2) is 4.98 Å². The standard InChI is InChI=1S/C18H15N3O2/c1-11-15(12-7-3-2-4-8-12)21-16(18(23)20-11)13-9-5-6-10-14(13)17(19)22/h2-10H,1H3,(H2,19,22)(H,20,23). The van der Waals surface area contributed by atoms with Gasteiger partial charge >= 0.3 is 0 Å². The number of H-pyrrole nitrogens is 1. The van der Waals surface area contributed by atoms with E-state index >= 15 is 0 Å². The van der Waals surface area contributed by atoms with E-state index in [2.05, 4.69) is 9.97 Å². The van der Waals surface area contributed by atoms with Crippen molar-refractivity contribution in [2.24, 2.45) is 5.73 Å². The zero-order valence-electron chi connectivity index (χ0n) is 12.5. The number of nitrogens with one attached hydrogen (secondary N) is 1. The maximum atomic E-state index is 12.3. The molecule has 1 amide bonds. The number of carbonyl (C=O) groups is 1. The number of hydrogen-bond donors (Lipinski definition) is 2. The highest BCUT2D eigenvalue weighted by molar-refractivity contribution is 5.99. The van der Waals surface area contributed by atoms with Crippen molar-refractivity contribution in [3.05, 3.63) is 76.2 Å². The maximum Gasteiger partial charge on any atom is 0.274 e. The van der Waals surface area contributed by atoms with Crippen molar-refractivity contribution in [2.45, 2.75) is 6.92 Å². The van der Waals surface area contributed by atoms with E-state index < -0.39 is 5.91 Å². The van der Waals surface area contributed by atoms with Crippen LogP contribution >= 0.6 is 0 Å². The lowest BCUT2D eigenvalue weighted by Gasteiger charge is -2.10. The Morgan fingerprint density at radius 2 is 1.65 bits per heavy atom. The van der Waals surface area contributed by atoms with Crippen molar-refractivity contribution >= 4 is 5.91 Å². The van der Waals surface area contributed by atoms with Gasteiger partial charge in [0.2, 0.25) is 5.91 Å².